The number of H-pyrrole nitrogens is 1. The highest BCUT2D eigenvalue weighted by atomic mass is 32.2. The summed E-state index contributed by atoms with van der Waals surface area (Å²) in [6, 6.07) is 6.39. The molecule has 0 bridgehead atoms. The second-order valence-electron chi connectivity index (χ2n) is 10.6. The molecular weight excluding hydrogens is 508 g/mol. The Hall–Kier alpha value is -2.24. The maximum Gasteiger partial charge on any atom is 0.250 e. The van der Waals surface area contributed by atoms with Crippen molar-refractivity contribution in [3.63, 3.8) is 0 Å². The Bertz CT molecular complexity index is 1390. The molecule has 0 saturated carbocycles. The Balaban J connectivity index is 1.43. The molecule has 0 radical (unpaired) electrons. The molecule has 5 rings (SSSR count). The molecular formula is C27H36N4O4S2. The van der Waals surface area contributed by atoms with Crippen LogP contribution in [-0.4, -0.2) is 71.2 Å². The second kappa shape index (κ2) is 10.5. The average Bonchev–Trinajstić information content (AvgIpc) is 3.63. The summed E-state index contributed by atoms with van der Waals surface area (Å²) in [6.45, 7) is 6.45. The number of sulfonamides is 1. The van der Waals surface area contributed by atoms with Crippen molar-refractivity contribution in [2.24, 2.45) is 5.73 Å². The first-order valence-corrected chi connectivity index (χ1v) is 15.4. The predicted molar refractivity (Wildman–Crippen MR) is 148 cm³/mol. The summed E-state index contributed by atoms with van der Waals surface area (Å²) in [5, 5.41) is 12.3. The second-order valence-corrected chi connectivity index (χ2v) is 14.1. The molecule has 10 heteroatoms. The average molecular weight is 545 g/mol. The van der Waals surface area contributed by atoms with E-state index in [1.54, 1.807) is 29.5 Å². The number of thiophene rings is 1. The monoisotopic (exact) mass is 544 g/mol. The summed E-state index contributed by atoms with van der Waals surface area (Å²) in [6.07, 6.45) is 5.57. The molecule has 2 fully saturated rings. The summed E-state index contributed by atoms with van der Waals surface area (Å²) < 4.78 is 26.8. The van der Waals surface area contributed by atoms with Gasteiger partial charge in [-0.05, 0) is 92.3 Å². The van der Waals surface area contributed by atoms with Gasteiger partial charge in [-0.15, -0.1) is 11.3 Å². The minimum absolute atomic E-state index is 0.190. The smallest absolute Gasteiger partial charge is 0.250 e. The topological polar surface area (TPSA) is 120 Å². The largest absolute Gasteiger partial charge is 0.395 e. The maximum absolute atomic E-state index is 12.6. The molecule has 1 atom stereocenters. The Labute approximate surface area is 222 Å². The number of primary amides is 1. The molecule has 1 aromatic carbocycles. The number of nitrogens with zero attached hydrogens (tertiary/aromatic N) is 2. The third-order valence-electron chi connectivity index (χ3n) is 7.99. The molecule has 0 unspecified atom stereocenters. The van der Waals surface area contributed by atoms with Crippen LogP contribution in [0.4, 0.5) is 0 Å². The van der Waals surface area contributed by atoms with Crippen LogP contribution in [0.1, 0.15) is 66.2 Å². The van der Waals surface area contributed by atoms with Gasteiger partial charge < -0.3 is 15.8 Å². The number of hydrogen-bond acceptors (Lipinski definition) is 6. The Morgan fingerprint density at radius 3 is 2.59 bits per heavy atom. The normalized spacial score (nSPS) is 20.4. The number of carbonyl (C=O) groups excluding carboxylic acids is 1. The number of aromatic amines is 1. The van der Waals surface area contributed by atoms with E-state index in [2.05, 4.69) is 27.4 Å². The summed E-state index contributed by atoms with van der Waals surface area (Å²) >= 11 is 1.69. The fourth-order valence-electron chi connectivity index (χ4n) is 5.80. The van der Waals surface area contributed by atoms with E-state index in [4.69, 9.17) is 5.73 Å². The van der Waals surface area contributed by atoms with Gasteiger partial charge in [0.15, 0.2) is 0 Å². The van der Waals surface area contributed by atoms with Gasteiger partial charge >= 0.3 is 0 Å². The highest BCUT2D eigenvalue weighted by Crippen LogP contribution is 2.38. The van der Waals surface area contributed by atoms with Crippen LogP contribution in [0.5, 0.6) is 0 Å². The lowest BCUT2D eigenvalue weighted by molar-refractivity contribution is 0.100. The fraction of sp³-hybridized carbons (Fsp3) is 0.519. The third kappa shape index (κ3) is 5.09. The molecule has 2 aliphatic heterocycles. The van der Waals surface area contributed by atoms with Gasteiger partial charge in [-0.1, -0.05) is 0 Å². The fourth-order valence-corrected chi connectivity index (χ4v) is 8.03. The number of piperidine rings is 1. The van der Waals surface area contributed by atoms with E-state index in [1.165, 1.54) is 4.88 Å². The van der Waals surface area contributed by atoms with Gasteiger partial charge in [0.1, 0.15) is 0 Å². The number of aliphatic hydroxyl groups is 1. The summed E-state index contributed by atoms with van der Waals surface area (Å²) in [7, 11) is -3.26. The number of aromatic nitrogens is 1. The number of aliphatic hydroxyl groups excluding tert-OH is 1. The number of fused-ring (bicyclic) bond motifs is 1. The number of amides is 1. The lowest BCUT2D eigenvalue weighted by Crippen LogP contribution is -2.41. The van der Waals surface area contributed by atoms with E-state index >= 15 is 0 Å². The molecule has 0 spiro atoms. The molecule has 0 aliphatic carbocycles. The molecule has 3 aromatic rings. The van der Waals surface area contributed by atoms with Crippen LogP contribution in [0.2, 0.25) is 0 Å². The van der Waals surface area contributed by atoms with E-state index < -0.39 is 21.2 Å². The number of likely N-dealkylation sites (tertiary alicyclic amines) is 1. The van der Waals surface area contributed by atoms with E-state index in [1.807, 2.05) is 12.3 Å². The zero-order valence-electron chi connectivity index (χ0n) is 21.4. The molecule has 2 aromatic heterocycles. The van der Waals surface area contributed by atoms with Crippen molar-refractivity contribution < 1.29 is 18.3 Å². The standard InChI is InChI=1S/C27H36N4O4S2/c1-17(2)37(34,35)31-8-5-18(6-9-31)25-13-29-26-23(25)11-19(12-24(26)27(28)33)20-10-22(36-16-20)14-30-7-3-4-21(30)15-32/h10-13,16-18,21,29,32H,3-9,14-15H2,1-2H3,(H2,28,33)/t21-/m1/s1. The van der Waals surface area contributed by atoms with E-state index in [-0.39, 0.29) is 18.6 Å². The number of nitrogens with two attached hydrogens (primary N) is 1. The van der Waals surface area contributed by atoms with Gasteiger partial charge in [-0.3, -0.25) is 9.69 Å². The van der Waals surface area contributed by atoms with Crippen LogP contribution in [0, 0.1) is 0 Å². The van der Waals surface area contributed by atoms with Crippen LogP contribution in [0.25, 0.3) is 22.0 Å². The minimum Gasteiger partial charge on any atom is -0.395 e. The van der Waals surface area contributed by atoms with Crippen molar-refractivity contribution >= 4 is 38.2 Å². The van der Waals surface area contributed by atoms with Crippen LogP contribution in [0.15, 0.2) is 29.8 Å². The van der Waals surface area contributed by atoms with E-state index in [0.29, 0.717) is 18.7 Å². The predicted octanol–water partition coefficient (Wildman–Crippen LogP) is 3.87. The lowest BCUT2D eigenvalue weighted by atomic mass is 9.88. The first-order valence-electron chi connectivity index (χ1n) is 13.1. The summed E-state index contributed by atoms with van der Waals surface area (Å²) in [4.78, 5) is 19.2. The van der Waals surface area contributed by atoms with Gasteiger partial charge in [0, 0.05) is 42.1 Å². The molecule has 2 saturated heterocycles. The lowest BCUT2D eigenvalue weighted by Gasteiger charge is -2.32. The van der Waals surface area contributed by atoms with Crippen molar-refractivity contribution in [3.8, 4) is 11.1 Å². The summed E-state index contributed by atoms with van der Waals surface area (Å²) in [5.41, 5.74) is 10.1. The Morgan fingerprint density at radius 1 is 1.16 bits per heavy atom. The first-order chi connectivity index (χ1) is 17.7. The van der Waals surface area contributed by atoms with Crippen molar-refractivity contribution in [3.05, 3.63) is 45.8 Å². The van der Waals surface area contributed by atoms with Crippen molar-refractivity contribution in [1.82, 2.24) is 14.2 Å². The number of nitrogens with one attached hydrogen (secondary N) is 1. The van der Waals surface area contributed by atoms with Crippen LogP contribution >= 0.6 is 11.3 Å². The number of benzene rings is 1. The minimum atomic E-state index is -3.26. The van der Waals surface area contributed by atoms with Gasteiger partial charge in [0.2, 0.25) is 10.0 Å². The van der Waals surface area contributed by atoms with E-state index in [0.717, 1.165) is 66.4 Å². The zero-order valence-corrected chi connectivity index (χ0v) is 23.1. The Kier molecular flexibility index (Phi) is 7.48. The number of rotatable bonds is 8. The van der Waals surface area contributed by atoms with Crippen LogP contribution in [-0.2, 0) is 16.6 Å². The Morgan fingerprint density at radius 2 is 1.92 bits per heavy atom. The van der Waals surface area contributed by atoms with E-state index in [9.17, 15) is 18.3 Å². The molecule has 4 N–H and O–H groups in total. The molecule has 37 heavy (non-hydrogen) atoms. The van der Waals surface area contributed by atoms with Crippen molar-refractivity contribution in [1.29, 1.82) is 0 Å². The van der Waals surface area contributed by atoms with Gasteiger partial charge in [0.25, 0.3) is 5.91 Å². The molecule has 200 valence electrons. The van der Waals surface area contributed by atoms with Crippen molar-refractivity contribution in [2.75, 3.05) is 26.2 Å². The highest BCUT2D eigenvalue weighted by molar-refractivity contribution is 7.89. The van der Waals surface area contributed by atoms with Gasteiger partial charge in [0.05, 0.1) is 22.9 Å². The summed E-state index contributed by atoms with van der Waals surface area (Å²) in [5.74, 6) is -0.275. The highest BCUT2D eigenvalue weighted by Gasteiger charge is 2.32. The molecule has 1 amide bonds. The first kappa shape index (κ1) is 26.4. The SMILES string of the molecule is CC(C)S(=O)(=O)N1CCC(c2c[nH]c3c(C(N)=O)cc(-c4csc(CN5CCC[C@@H]5CO)c4)cc23)CC1. The van der Waals surface area contributed by atoms with Gasteiger partial charge in [-0.2, -0.15) is 0 Å². The molecule has 4 heterocycles. The molecule has 8 nitrogen and oxygen atoms in total. The number of carbonyl (C=O) groups is 1. The van der Waals surface area contributed by atoms with Crippen molar-refractivity contribution in [2.45, 2.75) is 63.3 Å². The van der Waals surface area contributed by atoms with Crippen LogP contribution < -0.4 is 5.73 Å². The quantitative estimate of drug-likeness (QED) is 0.398. The van der Waals surface area contributed by atoms with Gasteiger partial charge in [-0.25, -0.2) is 12.7 Å². The zero-order chi connectivity index (χ0) is 26.3. The number of hydrogen-bond donors (Lipinski definition) is 3. The molecule has 2 aliphatic rings. The van der Waals surface area contributed by atoms with Crippen LogP contribution in [0.3, 0.4) is 0 Å². The maximum atomic E-state index is 12.6. The third-order valence-corrected chi connectivity index (χ3v) is 11.2.